The molecular formula is C18H21N3O6S. The molecule has 0 aromatic heterocycles. The van der Waals surface area contributed by atoms with Gasteiger partial charge in [-0.05, 0) is 36.4 Å². The van der Waals surface area contributed by atoms with Crippen molar-refractivity contribution in [2.45, 2.75) is 18.7 Å². The van der Waals surface area contributed by atoms with Gasteiger partial charge >= 0.3 is 0 Å². The molecule has 1 amide bonds. The van der Waals surface area contributed by atoms with Crippen molar-refractivity contribution >= 4 is 27.3 Å². The van der Waals surface area contributed by atoms with Gasteiger partial charge in [-0.25, -0.2) is 8.42 Å². The van der Waals surface area contributed by atoms with E-state index in [0.717, 1.165) is 0 Å². The van der Waals surface area contributed by atoms with Crippen LogP contribution in [-0.2, 0) is 14.8 Å². The molecule has 2 aromatic carbocycles. The smallest absolute Gasteiger partial charge is 0.269 e. The largest absolute Gasteiger partial charge is 0.484 e. The molecule has 0 saturated heterocycles. The van der Waals surface area contributed by atoms with Gasteiger partial charge in [-0.3, -0.25) is 14.9 Å². The number of carbonyl (C=O) groups is 1. The predicted octanol–water partition coefficient (Wildman–Crippen LogP) is 2.64. The maximum atomic E-state index is 12.4. The van der Waals surface area contributed by atoms with Gasteiger partial charge in [0.25, 0.3) is 11.6 Å². The van der Waals surface area contributed by atoms with Gasteiger partial charge in [-0.1, -0.05) is 13.8 Å². The van der Waals surface area contributed by atoms with Gasteiger partial charge in [-0.15, -0.1) is 0 Å². The van der Waals surface area contributed by atoms with Crippen LogP contribution in [0.5, 0.6) is 5.75 Å². The maximum Gasteiger partial charge on any atom is 0.269 e. The SMILES string of the molecule is CCN(CC)S(=O)(=O)c1ccc(NC(=O)COc2ccc([N+](=O)[O-])cc2)cc1. The van der Waals surface area contributed by atoms with E-state index in [-0.39, 0.29) is 17.2 Å². The fourth-order valence-corrected chi connectivity index (χ4v) is 3.89. The van der Waals surface area contributed by atoms with E-state index in [1.807, 2.05) is 0 Å². The first kappa shape index (κ1) is 21.3. The van der Waals surface area contributed by atoms with Crippen molar-refractivity contribution in [3.8, 4) is 5.75 Å². The number of anilines is 1. The van der Waals surface area contributed by atoms with Crippen molar-refractivity contribution in [3.05, 3.63) is 58.6 Å². The van der Waals surface area contributed by atoms with Gasteiger partial charge in [-0.2, -0.15) is 4.31 Å². The van der Waals surface area contributed by atoms with Gasteiger partial charge in [0.05, 0.1) is 9.82 Å². The van der Waals surface area contributed by atoms with E-state index < -0.39 is 20.9 Å². The summed E-state index contributed by atoms with van der Waals surface area (Å²) in [6.45, 7) is 3.98. The second-order valence-corrected chi connectivity index (χ2v) is 7.64. The summed E-state index contributed by atoms with van der Waals surface area (Å²) in [4.78, 5) is 22.2. The standard InChI is InChI=1S/C18H21N3O6S/c1-3-20(4-2)28(25,26)17-11-5-14(6-12-17)19-18(22)13-27-16-9-7-15(8-10-16)21(23)24/h5-12H,3-4,13H2,1-2H3,(H,19,22). The first-order valence-corrected chi connectivity index (χ1v) is 9.99. The fraction of sp³-hybridized carbons (Fsp3) is 0.278. The number of sulfonamides is 1. The van der Waals surface area contributed by atoms with Crippen LogP contribution in [0.25, 0.3) is 0 Å². The normalized spacial score (nSPS) is 11.2. The first-order valence-electron chi connectivity index (χ1n) is 8.55. The van der Waals surface area contributed by atoms with Crippen molar-refractivity contribution in [1.82, 2.24) is 4.31 Å². The fourth-order valence-electron chi connectivity index (χ4n) is 2.43. The highest BCUT2D eigenvalue weighted by Gasteiger charge is 2.21. The topological polar surface area (TPSA) is 119 Å². The van der Waals surface area contributed by atoms with Gasteiger partial charge in [0.15, 0.2) is 6.61 Å². The maximum absolute atomic E-state index is 12.4. The molecule has 1 N–H and O–H groups in total. The van der Waals surface area contributed by atoms with E-state index in [1.54, 1.807) is 13.8 Å². The summed E-state index contributed by atoms with van der Waals surface area (Å²) >= 11 is 0. The Morgan fingerprint density at radius 2 is 1.64 bits per heavy atom. The van der Waals surface area contributed by atoms with E-state index in [0.29, 0.717) is 24.5 Å². The molecule has 0 fully saturated rings. The molecule has 0 spiro atoms. The summed E-state index contributed by atoms with van der Waals surface area (Å²) in [5.41, 5.74) is 0.354. The molecule has 10 heteroatoms. The van der Waals surface area contributed by atoms with Crippen LogP contribution in [0.1, 0.15) is 13.8 Å². The molecule has 0 saturated carbocycles. The van der Waals surface area contributed by atoms with E-state index >= 15 is 0 Å². The molecule has 0 radical (unpaired) electrons. The highest BCUT2D eigenvalue weighted by Crippen LogP contribution is 2.19. The molecule has 28 heavy (non-hydrogen) atoms. The number of hydrogen-bond acceptors (Lipinski definition) is 6. The van der Waals surface area contributed by atoms with Gasteiger partial charge < -0.3 is 10.1 Å². The number of ether oxygens (including phenoxy) is 1. The summed E-state index contributed by atoms with van der Waals surface area (Å²) in [5, 5.41) is 13.2. The lowest BCUT2D eigenvalue weighted by molar-refractivity contribution is -0.384. The van der Waals surface area contributed by atoms with Crippen LogP contribution in [-0.4, -0.2) is 43.2 Å². The number of nitro benzene ring substituents is 1. The zero-order valence-electron chi connectivity index (χ0n) is 15.5. The highest BCUT2D eigenvalue weighted by molar-refractivity contribution is 7.89. The van der Waals surface area contributed by atoms with Crippen molar-refractivity contribution < 1.29 is 22.9 Å². The average molecular weight is 407 g/mol. The minimum atomic E-state index is -3.55. The third-order valence-electron chi connectivity index (χ3n) is 3.90. The Morgan fingerprint density at radius 1 is 1.07 bits per heavy atom. The highest BCUT2D eigenvalue weighted by atomic mass is 32.2. The molecule has 0 aliphatic carbocycles. The number of nitro groups is 1. The number of hydrogen-bond donors (Lipinski definition) is 1. The molecule has 2 rings (SSSR count). The Balaban J connectivity index is 1.94. The number of rotatable bonds is 9. The molecule has 0 heterocycles. The van der Waals surface area contributed by atoms with Crippen LogP contribution in [0.3, 0.4) is 0 Å². The molecule has 0 atom stereocenters. The van der Waals surface area contributed by atoms with Crippen molar-refractivity contribution in [2.75, 3.05) is 25.0 Å². The summed E-state index contributed by atoms with van der Waals surface area (Å²) in [6, 6.07) is 11.2. The number of nitrogens with zero attached hydrogens (tertiary/aromatic N) is 2. The van der Waals surface area contributed by atoms with Crippen LogP contribution in [0.2, 0.25) is 0 Å². The number of benzene rings is 2. The van der Waals surface area contributed by atoms with Crippen LogP contribution >= 0.6 is 0 Å². The quantitative estimate of drug-likeness (QED) is 0.504. The molecule has 0 aliphatic rings. The lowest BCUT2D eigenvalue weighted by atomic mass is 10.3. The summed E-state index contributed by atoms with van der Waals surface area (Å²) in [7, 11) is -3.55. The minimum absolute atomic E-state index is 0.0726. The predicted molar refractivity (Wildman–Crippen MR) is 104 cm³/mol. The van der Waals surface area contributed by atoms with Gasteiger partial charge in [0.1, 0.15) is 5.75 Å². The van der Waals surface area contributed by atoms with Gasteiger partial charge in [0.2, 0.25) is 10.0 Å². The van der Waals surface area contributed by atoms with Crippen LogP contribution < -0.4 is 10.1 Å². The second-order valence-electron chi connectivity index (χ2n) is 5.70. The molecule has 2 aromatic rings. The van der Waals surface area contributed by atoms with Crippen LogP contribution in [0.15, 0.2) is 53.4 Å². The van der Waals surface area contributed by atoms with E-state index in [2.05, 4.69) is 5.32 Å². The van der Waals surface area contributed by atoms with E-state index in [9.17, 15) is 23.3 Å². The van der Waals surface area contributed by atoms with Crippen molar-refractivity contribution in [1.29, 1.82) is 0 Å². The lowest BCUT2D eigenvalue weighted by Gasteiger charge is -2.18. The van der Waals surface area contributed by atoms with Gasteiger partial charge in [0, 0.05) is 30.9 Å². The monoisotopic (exact) mass is 407 g/mol. The molecule has 9 nitrogen and oxygen atoms in total. The Bertz CT molecular complexity index is 923. The summed E-state index contributed by atoms with van der Waals surface area (Å²) in [5.74, 6) is -0.126. The average Bonchev–Trinajstić information content (AvgIpc) is 2.68. The first-order chi connectivity index (χ1) is 13.3. The van der Waals surface area contributed by atoms with Crippen LogP contribution in [0.4, 0.5) is 11.4 Å². The summed E-state index contributed by atoms with van der Waals surface area (Å²) < 4.78 is 31.5. The summed E-state index contributed by atoms with van der Waals surface area (Å²) in [6.07, 6.45) is 0. The Labute approximate surface area is 163 Å². The molecule has 0 aliphatic heterocycles. The molecule has 0 bridgehead atoms. The Kier molecular flexibility index (Phi) is 7.07. The van der Waals surface area contributed by atoms with E-state index in [4.69, 9.17) is 4.74 Å². The zero-order valence-corrected chi connectivity index (χ0v) is 16.3. The number of nitrogens with one attached hydrogen (secondary N) is 1. The lowest BCUT2D eigenvalue weighted by Crippen LogP contribution is -2.30. The molecule has 150 valence electrons. The Hall–Kier alpha value is -2.98. The number of carbonyl (C=O) groups excluding carboxylic acids is 1. The zero-order chi connectivity index (χ0) is 20.7. The third-order valence-corrected chi connectivity index (χ3v) is 5.96. The molecular weight excluding hydrogens is 386 g/mol. The third kappa shape index (κ3) is 5.27. The van der Waals surface area contributed by atoms with Crippen molar-refractivity contribution in [3.63, 3.8) is 0 Å². The van der Waals surface area contributed by atoms with Crippen LogP contribution in [0, 0.1) is 10.1 Å². The number of non-ortho nitro benzene ring substituents is 1. The molecule has 0 unspecified atom stereocenters. The minimum Gasteiger partial charge on any atom is -0.484 e. The second kappa shape index (κ2) is 9.29. The Morgan fingerprint density at radius 3 is 2.14 bits per heavy atom. The van der Waals surface area contributed by atoms with E-state index in [1.165, 1.54) is 52.8 Å². The van der Waals surface area contributed by atoms with Crippen molar-refractivity contribution in [2.24, 2.45) is 0 Å². The number of amides is 1.